The molecule has 1 aromatic rings. The first-order chi connectivity index (χ1) is 15.0. The molecule has 0 aromatic heterocycles. The standard InChI is InChI=1S/C23H28N4O4/c28-20-8-7-19(21(29)25-20)27-22(30)16-6-5-14(11-17(16)23(27)31)12-26-10-9-24-18(13-26)15-3-1-2-4-15/h5-6,11,15,18-19,24H,1-4,7-10,12-13H2,(H,25,28,29). The van der Waals surface area contributed by atoms with Crippen LogP contribution < -0.4 is 10.6 Å². The zero-order chi connectivity index (χ0) is 21.5. The second-order valence-electron chi connectivity index (χ2n) is 9.17. The highest BCUT2D eigenvalue weighted by atomic mass is 16.2. The summed E-state index contributed by atoms with van der Waals surface area (Å²) in [5, 5.41) is 5.90. The van der Waals surface area contributed by atoms with Crippen LogP contribution in [0.5, 0.6) is 0 Å². The van der Waals surface area contributed by atoms with Crippen molar-refractivity contribution in [2.24, 2.45) is 5.92 Å². The predicted molar refractivity (Wildman–Crippen MR) is 112 cm³/mol. The molecule has 8 nitrogen and oxygen atoms in total. The van der Waals surface area contributed by atoms with Crippen molar-refractivity contribution in [3.8, 4) is 0 Å². The fourth-order valence-electron chi connectivity index (χ4n) is 5.54. The van der Waals surface area contributed by atoms with E-state index in [9.17, 15) is 19.2 Å². The lowest BCUT2D eigenvalue weighted by Gasteiger charge is -2.36. The number of benzene rings is 1. The smallest absolute Gasteiger partial charge is 0.262 e. The van der Waals surface area contributed by atoms with E-state index in [1.165, 1.54) is 25.7 Å². The van der Waals surface area contributed by atoms with Gasteiger partial charge in [0.25, 0.3) is 11.8 Å². The molecule has 0 radical (unpaired) electrons. The summed E-state index contributed by atoms with van der Waals surface area (Å²) in [4.78, 5) is 52.9. The Labute approximate surface area is 181 Å². The van der Waals surface area contributed by atoms with Gasteiger partial charge in [-0.3, -0.25) is 34.3 Å². The molecular weight excluding hydrogens is 396 g/mol. The third-order valence-corrected chi connectivity index (χ3v) is 7.17. The van der Waals surface area contributed by atoms with Gasteiger partial charge in [-0.15, -0.1) is 0 Å². The number of imide groups is 2. The highest BCUT2D eigenvalue weighted by Crippen LogP contribution is 2.30. The average molecular weight is 425 g/mol. The minimum atomic E-state index is -0.922. The number of rotatable bonds is 4. The summed E-state index contributed by atoms with van der Waals surface area (Å²) in [5.74, 6) is -1.09. The molecule has 1 aliphatic carbocycles. The molecular formula is C23H28N4O4. The van der Waals surface area contributed by atoms with Crippen molar-refractivity contribution >= 4 is 23.6 Å². The summed E-state index contributed by atoms with van der Waals surface area (Å²) >= 11 is 0. The summed E-state index contributed by atoms with van der Waals surface area (Å²) in [5.41, 5.74) is 1.69. The third-order valence-electron chi connectivity index (χ3n) is 7.17. The Hall–Kier alpha value is -2.58. The van der Waals surface area contributed by atoms with E-state index in [-0.39, 0.29) is 18.7 Å². The number of carbonyl (C=O) groups excluding carboxylic acids is 4. The molecule has 8 heteroatoms. The van der Waals surface area contributed by atoms with Crippen LogP contribution in [0.3, 0.4) is 0 Å². The molecule has 3 aliphatic heterocycles. The van der Waals surface area contributed by atoms with Crippen LogP contribution in [0.4, 0.5) is 0 Å². The van der Waals surface area contributed by atoms with E-state index in [1.54, 1.807) is 12.1 Å². The molecule has 0 spiro atoms. The normalized spacial score (nSPS) is 27.7. The Kier molecular flexibility index (Phi) is 5.35. The minimum Gasteiger partial charge on any atom is -0.311 e. The average Bonchev–Trinajstić information content (AvgIpc) is 3.37. The van der Waals surface area contributed by atoms with Crippen molar-refractivity contribution in [2.75, 3.05) is 19.6 Å². The first kappa shape index (κ1) is 20.3. The van der Waals surface area contributed by atoms with Gasteiger partial charge in [-0.05, 0) is 42.9 Å². The first-order valence-corrected chi connectivity index (χ1v) is 11.3. The van der Waals surface area contributed by atoms with Gasteiger partial charge < -0.3 is 5.32 Å². The number of piperidine rings is 1. The van der Waals surface area contributed by atoms with E-state index >= 15 is 0 Å². The topological polar surface area (TPSA) is 98.8 Å². The predicted octanol–water partition coefficient (Wildman–Crippen LogP) is 1.05. The second-order valence-corrected chi connectivity index (χ2v) is 9.17. The fraction of sp³-hybridized carbons (Fsp3) is 0.565. The van der Waals surface area contributed by atoms with Crippen molar-refractivity contribution in [3.05, 3.63) is 34.9 Å². The number of carbonyl (C=O) groups is 4. The van der Waals surface area contributed by atoms with Crippen molar-refractivity contribution in [3.63, 3.8) is 0 Å². The maximum Gasteiger partial charge on any atom is 0.262 e. The number of amides is 4. The van der Waals surface area contributed by atoms with Gasteiger partial charge in [0.1, 0.15) is 6.04 Å². The molecule has 2 saturated heterocycles. The minimum absolute atomic E-state index is 0.125. The number of fused-ring (bicyclic) bond motifs is 1. The van der Waals surface area contributed by atoms with Crippen molar-refractivity contribution in [1.82, 2.24) is 20.4 Å². The van der Waals surface area contributed by atoms with Gasteiger partial charge in [0.2, 0.25) is 11.8 Å². The molecule has 1 aromatic carbocycles. The Morgan fingerprint density at radius 1 is 0.968 bits per heavy atom. The highest BCUT2D eigenvalue weighted by Gasteiger charge is 2.44. The lowest BCUT2D eigenvalue weighted by atomic mass is 9.96. The molecule has 2 atom stereocenters. The molecule has 2 N–H and O–H groups in total. The van der Waals surface area contributed by atoms with Crippen LogP contribution in [-0.2, 0) is 16.1 Å². The van der Waals surface area contributed by atoms with Gasteiger partial charge >= 0.3 is 0 Å². The van der Waals surface area contributed by atoms with E-state index < -0.39 is 23.8 Å². The number of piperazine rings is 1. The van der Waals surface area contributed by atoms with E-state index in [2.05, 4.69) is 15.5 Å². The molecule has 3 fully saturated rings. The van der Waals surface area contributed by atoms with Gasteiger partial charge in [-0.1, -0.05) is 18.9 Å². The van der Waals surface area contributed by atoms with Gasteiger partial charge in [0.05, 0.1) is 11.1 Å². The lowest BCUT2D eigenvalue weighted by molar-refractivity contribution is -0.136. The summed E-state index contributed by atoms with van der Waals surface area (Å²) in [7, 11) is 0. The molecule has 164 valence electrons. The Morgan fingerprint density at radius 2 is 1.74 bits per heavy atom. The van der Waals surface area contributed by atoms with E-state index in [0.29, 0.717) is 17.2 Å². The van der Waals surface area contributed by atoms with Crippen LogP contribution in [-0.4, -0.2) is 65.1 Å². The van der Waals surface area contributed by atoms with E-state index in [4.69, 9.17) is 0 Å². The molecule has 5 rings (SSSR count). The first-order valence-electron chi connectivity index (χ1n) is 11.3. The van der Waals surface area contributed by atoms with Crippen molar-refractivity contribution in [2.45, 2.75) is 57.2 Å². The summed E-state index contributed by atoms with van der Waals surface area (Å²) in [6.07, 6.45) is 5.56. The number of hydrogen-bond donors (Lipinski definition) is 2. The Bertz CT molecular complexity index is 940. The molecule has 4 amide bonds. The molecule has 31 heavy (non-hydrogen) atoms. The zero-order valence-electron chi connectivity index (χ0n) is 17.6. The summed E-state index contributed by atoms with van der Waals surface area (Å²) in [6.45, 7) is 3.65. The second kappa shape index (κ2) is 8.16. The van der Waals surface area contributed by atoms with Crippen LogP contribution in [0.1, 0.15) is 64.8 Å². The molecule has 2 unspecified atom stereocenters. The number of hydrogen-bond acceptors (Lipinski definition) is 6. The quantitative estimate of drug-likeness (QED) is 0.701. The van der Waals surface area contributed by atoms with Crippen molar-refractivity contribution < 1.29 is 19.2 Å². The van der Waals surface area contributed by atoms with Crippen LogP contribution in [0, 0.1) is 5.92 Å². The largest absolute Gasteiger partial charge is 0.311 e. The third kappa shape index (κ3) is 3.78. The lowest BCUT2D eigenvalue weighted by Crippen LogP contribution is -2.54. The van der Waals surface area contributed by atoms with Crippen LogP contribution in [0.2, 0.25) is 0 Å². The van der Waals surface area contributed by atoms with E-state index in [0.717, 1.165) is 42.6 Å². The van der Waals surface area contributed by atoms with Gasteiger partial charge in [0.15, 0.2) is 0 Å². The summed E-state index contributed by atoms with van der Waals surface area (Å²) < 4.78 is 0. The monoisotopic (exact) mass is 424 g/mol. The van der Waals surface area contributed by atoms with Crippen LogP contribution >= 0.6 is 0 Å². The van der Waals surface area contributed by atoms with E-state index in [1.807, 2.05) is 6.07 Å². The molecule has 0 bridgehead atoms. The Balaban J connectivity index is 1.30. The maximum atomic E-state index is 13.0. The van der Waals surface area contributed by atoms with Gasteiger partial charge in [-0.2, -0.15) is 0 Å². The molecule has 3 heterocycles. The van der Waals surface area contributed by atoms with Crippen LogP contribution in [0.15, 0.2) is 18.2 Å². The van der Waals surface area contributed by atoms with Gasteiger partial charge in [-0.25, -0.2) is 0 Å². The maximum absolute atomic E-state index is 13.0. The highest BCUT2D eigenvalue weighted by molar-refractivity contribution is 6.23. The molecule has 1 saturated carbocycles. The fourth-order valence-corrected chi connectivity index (χ4v) is 5.54. The molecule has 4 aliphatic rings. The Morgan fingerprint density at radius 3 is 2.52 bits per heavy atom. The van der Waals surface area contributed by atoms with Crippen molar-refractivity contribution in [1.29, 1.82) is 0 Å². The number of nitrogens with one attached hydrogen (secondary N) is 2. The van der Waals surface area contributed by atoms with Crippen LogP contribution in [0.25, 0.3) is 0 Å². The number of nitrogens with zero attached hydrogens (tertiary/aromatic N) is 2. The summed E-state index contributed by atoms with van der Waals surface area (Å²) in [6, 6.07) is 5.01. The zero-order valence-corrected chi connectivity index (χ0v) is 17.6. The van der Waals surface area contributed by atoms with Gasteiger partial charge in [0, 0.05) is 38.6 Å². The SMILES string of the molecule is O=C1CCC(N2C(=O)c3ccc(CN4CCNC(C5CCCC5)C4)cc3C2=O)C(=O)N1.